The van der Waals surface area contributed by atoms with Crippen LogP contribution >= 0.6 is 15.9 Å². The summed E-state index contributed by atoms with van der Waals surface area (Å²) in [6, 6.07) is 3.02. The monoisotopic (exact) mass is 300 g/mol. The molecule has 0 spiro atoms. The minimum Gasteiger partial charge on any atom is -0.481 e. The second kappa shape index (κ2) is 4.41. The number of aryl methyl sites for hydroxylation is 1. The summed E-state index contributed by atoms with van der Waals surface area (Å²) in [6.45, 7) is 1.84. The van der Waals surface area contributed by atoms with Gasteiger partial charge in [-0.3, -0.25) is 4.79 Å². The van der Waals surface area contributed by atoms with E-state index in [1.807, 2.05) is 6.92 Å². The van der Waals surface area contributed by atoms with Crippen molar-refractivity contribution < 1.29 is 14.3 Å². The first-order chi connectivity index (χ1) is 7.99. The normalized spacial score (nSPS) is 18.3. The minimum absolute atomic E-state index is 0.322. The van der Waals surface area contributed by atoms with Crippen molar-refractivity contribution in [3.8, 4) is 0 Å². The summed E-state index contributed by atoms with van der Waals surface area (Å²) in [7, 11) is 0. The van der Waals surface area contributed by atoms with Crippen LogP contribution in [0.4, 0.5) is 4.39 Å². The van der Waals surface area contributed by atoms with E-state index in [1.54, 1.807) is 6.07 Å². The van der Waals surface area contributed by atoms with E-state index in [0.29, 0.717) is 22.9 Å². The molecule has 17 heavy (non-hydrogen) atoms. The summed E-state index contributed by atoms with van der Waals surface area (Å²) in [4.78, 5) is 11.6. The number of carbonyl (C=O) groups is 1. The average molecular weight is 301 g/mol. The molecule has 1 aliphatic rings. The van der Waals surface area contributed by atoms with E-state index in [9.17, 15) is 14.3 Å². The minimum atomic E-state index is -1.05. The molecule has 1 aromatic rings. The van der Waals surface area contributed by atoms with Crippen molar-refractivity contribution in [3.05, 3.63) is 33.5 Å². The molecule has 0 aliphatic heterocycles. The van der Waals surface area contributed by atoms with E-state index in [0.717, 1.165) is 18.4 Å². The smallest absolute Gasteiger partial charge is 0.314 e. The van der Waals surface area contributed by atoms with Crippen LogP contribution in [0.5, 0.6) is 0 Å². The van der Waals surface area contributed by atoms with E-state index in [2.05, 4.69) is 15.9 Å². The van der Waals surface area contributed by atoms with Gasteiger partial charge in [0, 0.05) is 10.0 Å². The Morgan fingerprint density at radius 2 is 2.00 bits per heavy atom. The van der Waals surface area contributed by atoms with Crippen molar-refractivity contribution in [1.82, 2.24) is 0 Å². The molecule has 0 atom stereocenters. The topological polar surface area (TPSA) is 37.3 Å². The predicted octanol–water partition coefficient (Wildman–Crippen LogP) is 3.79. The van der Waals surface area contributed by atoms with Gasteiger partial charge >= 0.3 is 5.97 Å². The fourth-order valence-electron chi connectivity index (χ4n) is 2.64. The predicted molar refractivity (Wildman–Crippen MR) is 66.6 cm³/mol. The number of carboxylic acids is 1. The number of halogens is 2. The molecule has 0 aromatic heterocycles. The lowest BCUT2D eigenvalue weighted by Gasteiger charge is -2.26. The fourth-order valence-corrected chi connectivity index (χ4v) is 3.35. The summed E-state index contributed by atoms with van der Waals surface area (Å²) in [5.74, 6) is -1.34. The van der Waals surface area contributed by atoms with Crippen LogP contribution in [0.25, 0.3) is 0 Å². The maximum Gasteiger partial charge on any atom is 0.314 e. The number of hydrogen-bond acceptors (Lipinski definition) is 1. The Labute approximate surface area is 108 Å². The summed E-state index contributed by atoms with van der Waals surface area (Å²) >= 11 is 3.34. The third kappa shape index (κ3) is 1.88. The van der Waals surface area contributed by atoms with Crippen molar-refractivity contribution in [1.29, 1.82) is 0 Å². The van der Waals surface area contributed by atoms with Gasteiger partial charge in [0.15, 0.2) is 0 Å². The van der Waals surface area contributed by atoms with Gasteiger partial charge in [0.1, 0.15) is 5.82 Å². The molecule has 0 saturated heterocycles. The summed E-state index contributed by atoms with van der Waals surface area (Å²) < 4.78 is 14.6. The molecule has 2 nitrogen and oxygen atoms in total. The lowest BCUT2D eigenvalue weighted by atomic mass is 9.78. The molecule has 1 fully saturated rings. The van der Waals surface area contributed by atoms with Crippen molar-refractivity contribution in [2.75, 3.05) is 0 Å². The SMILES string of the molecule is Cc1ccc(F)c(C2(C(=O)O)CCCC2)c1Br. The highest BCUT2D eigenvalue weighted by molar-refractivity contribution is 9.10. The zero-order valence-corrected chi connectivity index (χ0v) is 11.2. The molecule has 0 unspecified atom stereocenters. The molecular formula is C13H14BrFO2. The number of benzene rings is 1. The molecule has 0 heterocycles. The highest BCUT2D eigenvalue weighted by atomic mass is 79.9. The highest BCUT2D eigenvalue weighted by Gasteiger charge is 2.46. The molecule has 1 saturated carbocycles. The van der Waals surface area contributed by atoms with Crippen LogP contribution < -0.4 is 0 Å². The Morgan fingerprint density at radius 3 is 2.53 bits per heavy atom. The molecule has 1 N–H and O–H groups in total. The molecule has 1 aliphatic carbocycles. The molecule has 92 valence electrons. The van der Waals surface area contributed by atoms with Crippen LogP contribution in [0.1, 0.15) is 36.8 Å². The first-order valence-electron chi connectivity index (χ1n) is 5.67. The zero-order chi connectivity index (χ0) is 12.6. The van der Waals surface area contributed by atoms with Gasteiger partial charge in [0.25, 0.3) is 0 Å². The van der Waals surface area contributed by atoms with Gasteiger partial charge in [0.05, 0.1) is 5.41 Å². The molecular weight excluding hydrogens is 287 g/mol. The van der Waals surface area contributed by atoms with Crippen LogP contribution in [-0.4, -0.2) is 11.1 Å². The van der Waals surface area contributed by atoms with Crippen molar-refractivity contribution in [3.63, 3.8) is 0 Å². The van der Waals surface area contributed by atoms with Crippen LogP contribution in [-0.2, 0) is 10.2 Å². The van der Waals surface area contributed by atoms with E-state index in [4.69, 9.17) is 0 Å². The van der Waals surface area contributed by atoms with Gasteiger partial charge in [0.2, 0.25) is 0 Å². The van der Waals surface area contributed by atoms with Gasteiger partial charge in [-0.25, -0.2) is 4.39 Å². The highest BCUT2D eigenvalue weighted by Crippen LogP contribution is 2.45. The summed E-state index contributed by atoms with van der Waals surface area (Å²) in [5.41, 5.74) is 0.144. The van der Waals surface area contributed by atoms with Crippen LogP contribution in [0.15, 0.2) is 16.6 Å². The summed E-state index contributed by atoms with van der Waals surface area (Å²) in [5, 5.41) is 9.47. The number of hydrogen-bond donors (Lipinski definition) is 1. The van der Waals surface area contributed by atoms with Gasteiger partial charge in [-0.2, -0.15) is 0 Å². The zero-order valence-electron chi connectivity index (χ0n) is 9.59. The lowest BCUT2D eigenvalue weighted by Crippen LogP contribution is -2.34. The van der Waals surface area contributed by atoms with Gasteiger partial charge < -0.3 is 5.11 Å². The molecule has 0 radical (unpaired) electrons. The van der Waals surface area contributed by atoms with E-state index in [-0.39, 0.29) is 0 Å². The maximum absolute atomic E-state index is 14.0. The molecule has 0 bridgehead atoms. The van der Waals surface area contributed by atoms with E-state index in [1.165, 1.54) is 6.07 Å². The molecule has 2 rings (SSSR count). The Bertz CT molecular complexity index is 465. The van der Waals surface area contributed by atoms with Crippen LogP contribution in [0.2, 0.25) is 0 Å². The lowest BCUT2D eigenvalue weighted by molar-refractivity contribution is -0.143. The Hall–Kier alpha value is -0.900. The fraction of sp³-hybridized carbons (Fsp3) is 0.462. The van der Waals surface area contributed by atoms with Crippen molar-refractivity contribution >= 4 is 21.9 Å². The molecule has 0 amide bonds. The number of aliphatic carboxylic acids is 1. The Kier molecular flexibility index (Phi) is 3.25. The second-order valence-corrected chi connectivity index (χ2v) is 5.44. The van der Waals surface area contributed by atoms with Crippen molar-refractivity contribution in [2.24, 2.45) is 0 Å². The molecule has 4 heteroatoms. The van der Waals surface area contributed by atoms with Crippen LogP contribution in [0.3, 0.4) is 0 Å². The third-order valence-electron chi connectivity index (χ3n) is 3.63. The van der Waals surface area contributed by atoms with Gasteiger partial charge in [-0.05, 0) is 31.4 Å². The van der Waals surface area contributed by atoms with Crippen LogP contribution in [0, 0.1) is 12.7 Å². The summed E-state index contributed by atoms with van der Waals surface area (Å²) in [6.07, 6.45) is 2.71. The first kappa shape index (κ1) is 12.6. The number of rotatable bonds is 2. The van der Waals surface area contributed by atoms with Crippen molar-refractivity contribution in [2.45, 2.75) is 38.0 Å². The quantitative estimate of drug-likeness (QED) is 0.902. The van der Waals surface area contributed by atoms with E-state index < -0.39 is 17.2 Å². The van der Waals surface area contributed by atoms with Gasteiger partial charge in [-0.1, -0.05) is 34.8 Å². The Balaban J connectivity index is 2.66. The second-order valence-electron chi connectivity index (χ2n) is 4.65. The molecule has 1 aromatic carbocycles. The maximum atomic E-state index is 14.0. The first-order valence-corrected chi connectivity index (χ1v) is 6.47. The largest absolute Gasteiger partial charge is 0.481 e. The standard InChI is InChI=1S/C13H14BrFO2/c1-8-4-5-9(15)10(11(8)14)13(12(16)17)6-2-3-7-13/h4-5H,2-3,6-7H2,1H3,(H,16,17). The number of carboxylic acid groups (broad SMARTS) is 1. The third-order valence-corrected chi connectivity index (χ3v) is 4.65. The average Bonchev–Trinajstić information content (AvgIpc) is 2.74. The van der Waals surface area contributed by atoms with Gasteiger partial charge in [-0.15, -0.1) is 0 Å². The Morgan fingerprint density at radius 1 is 1.41 bits per heavy atom. The van der Waals surface area contributed by atoms with E-state index >= 15 is 0 Å².